The van der Waals surface area contributed by atoms with Gasteiger partial charge in [0.05, 0.1) is 0 Å². The smallest absolute Gasteiger partial charge is 0.247 e. The number of hydrogen-bond acceptors (Lipinski definition) is 3. The molecule has 0 aliphatic carbocycles. The van der Waals surface area contributed by atoms with Crippen molar-refractivity contribution in [3.63, 3.8) is 0 Å². The van der Waals surface area contributed by atoms with Gasteiger partial charge in [-0.15, -0.1) is 23.5 Å². The predicted molar refractivity (Wildman–Crippen MR) is 114 cm³/mol. The molecule has 0 fully saturated rings. The van der Waals surface area contributed by atoms with Crippen LogP contribution < -0.4 is 5.32 Å². The van der Waals surface area contributed by atoms with Gasteiger partial charge in [-0.1, -0.05) is 78.9 Å². The summed E-state index contributed by atoms with van der Waals surface area (Å²) in [4.78, 5) is 12.8. The molecular weight excluding hydrogens is 358 g/mol. The highest BCUT2D eigenvalue weighted by Crippen LogP contribution is 2.30. The first kappa shape index (κ1) is 18.6. The fourth-order valence-corrected chi connectivity index (χ4v) is 4.70. The van der Waals surface area contributed by atoms with Crippen LogP contribution in [0.2, 0.25) is 0 Å². The first-order valence-corrected chi connectivity index (χ1v) is 10.6. The summed E-state index contributed by atoms with van der Waals surface area (Å²) in [5.74, 6) is 1.67. The van der Waals surface area contributed by atoms with Gasteiger partial charge in [0.25, 0.3) is 0 Å². The number of benzene rings is 3. The molecule has 1 amide bonds. The van der Waals surface area contributed by atoms with Crippen molar-refractivity contribution in [1.29, 1.82) is 0 Å². The van der Waals surface area contributed by atoms with Gasteiger partial charge < -0.3 is 5.32 Å². The van der Waals surface area contributed by atoms with Crippen LogP contribution in [-0.2, 0) is 16.3 Å². The molecule has 1 N–H and O–H groups in total. The lowest BCUT2D eigenvalue weighted by Crippen LogP contribution is -2.23. The first-order valence-electron chi connectivity index (χ1n) is 8.48. The van der Waals surface area contributed by atoms with Crippen molar-refractivity contribution in [1.82, 2.24) is 0 Å². The molecule has 0 aliphatic heterocycles. The molecule has 0 saturated heterocycles. The van der Waals surface area contributed by atoms with Gasteiger partial charge in [-0.2, -0.15) is 0 Å². The maximum Gasteiger partial charge on any atom is 0.247 e. The minimum absolute atomic E-state index is 0.0399. The second-order valence-electron chi connectivity index (χ2n) is 5.78. The minimum atomic E-state index is -0.171. The second kappa shape index (κ2) is 10.1. The molecule has 0 heterocycles. The Morgan fingerprint density at radius 2 is 1.12 bits per heavy atom. The molecule has 132 valence electrons. The van der Waals surface area contributed by atoms with Crippen LogP contribution in [0.5, 0.6) is 0 Å². The lowest BCUT2D eigenvalue weighted by atomic mass is 10.2. The monoisotopic (exact) mass is 379 g/mol. The number of thioether (sulfide) groups is 2. The van der Waals surface area contributed by atoms with E-state index in [2.05, 4.69) is 29.6 Å². The van der Waals surface area contributed by atoms with E-state index < -0.39 is 0 Å². The average molecular weight is 380 g/mol. The topological polar surface area (TPSA) is 29.1 Å². The number of amides is 1. The van der Waals surface area contributed by atoms with E-state index in [0.29, 0.717) is 0 Å². The van der Waals surface area contributed by atoms with Gasteiger partial charge in [0, 0.05) is 17.2 Å². The van der Waals surface area contributed by atoms with Crippen molar-refractivity contribution in [3.8, 4) is 0 Å². The number of anilines is 1. The Bertz CT molecular complexity index is 751. The molecule has 0 bridgehead atoms. The summed E-state index contributed by atoms with van der Waals surface area (Å²) in [5.41, 5.74) is 3.30. The molecule has 0 saturated carbocycles. The second-order valence-corrected chi connectivity index (χ2v) is 8.27. The van der Waals surface area contributed by atoms with E-state index in [-0.39, 0.29) is 10.5 Å². The Balaban J connectivity index is 1.64. The van der Waals surface area contributed by atoms with Crippen LogP contribution in [0.15, 0.2) is 91.0 Å². The number of nitrogens with one attached hydrogen (secondary N) is 1. The Morgan fingerprint density at radius 1 is 0.692 bits per heavy atom. The third kappa shape index (κ3) is 5.97. The standard InChI is InChI=1S/C22H21NOS2/c24-21(23-20-14-8-3-9-15-20)22(25-16-18-10-4-1-5-11-18)26-17-19-12-6-2-7-13-19/h1-15,22H,16-17H2,(H,23,24). The fourth-order valence-electron chi connectivity index (χ4n) is 2.41. The Hall–Kier alpha value is -2.17. The molecule has 0 radical (unpaired) electrons. The third-order valence-electron chi connectivity index (χ3n) is 3.74. The molecule has 2 nitrogen and oxygen atoms in total. The summed E-state index contributed by atoms with van der Waals surface area (Å²) < 4.78 is -0.171. The fraction of sp³-hybridized carbons (Fsp3) is 0.136. The van der Waals surface area contributed by atoms with E-state index in [1.54, 1.807) is 23.5 Å². The van der Waals surface area contributed by atoms with Crippen LogP contribution in [0.25, 0.3) is 0 Å². The molecule has 0 atom stereocenters. The van der Waals surface area contributed by atoms with Crippen molar-refractivity contribution in [2.45, 2.75) is 16.1 Å². The van der Waals surface area contributed by atoms with Gasteiger partial charge in [0.1, 0.15) is 4.58 Å². The van der Waals surface area contributed by atoms with Crippen molar-refractivity contribution in [2.24, 2.45) is 0 Å². The van der Waals surface area contributed by atoms with Gasteiger partial charge >= 0.3 is 0 Å². The normalized spacial score (nSPS) is 10.7. The maximum atomic E-state index is 12.8. The van der Waals surface area contributed by atoms with Crippen molar-refractivity contribution in [3.05, 3.63) is 102 Å². The van der Waals surface area contributed by atoms with Crippen LogP contribution in [0.1, 0.15) is 11.1 Å². The molecule has 4 heteroatoms. The SMILES string of the molecule is O=C(Nc1ccccc1)C(SCc1ccccc1)SCc1ccccc1. The molecule has 3 aromatic carbocycles. The van der Waals surface area contributed by atoms with E-state index in [4.69, 9.17) is 0 Å². The van der Waals surface area contributed by atoms with Gasteiger partial charge in [-0.3, -0.25) is 4.79 Å². The highest BCUT2D eigenvalue weighted by Gasteiger charge is 2.20. The predicted octanol–water partition coefficient (Wildman–Crippen LogP) is 5.82. The lowest BCUT2D eigenvalue weighted by molar-refractivity contribution is -0.114. The van der Waals surface area contributed by atoms with Crippen LogP contribution >= 0.6 is 23.5 Å². The van der Waals surface area contributed by atoms with Crippen LogP contribution in [0.4, 0.5) is 5.69 Å². The number of hydrogen-bond donors (Lipinski definition) is 1. The largest absolute Gasteiger partial charge is 0.324 e. The maximum absolute atomic E-state index is 12.8. The summed E-state index contributed by atoms with van der Waals surface area (Å²) in [6, 6.07) is 30.2. The van der Waals surface area contributed by atoms with Crippen LogP contribution in [-0.4, -0.2) is 10.5 Å². The first-order chi connectivity index (χ1) is 12.8. The highest BCUT2D eigenvalue weighted by atomic mass is 32.2. The van der Waals surface area contributed by atoms with Crippen LogP contribution in [0, 0.1) is 0 Å². The van der Waals surface area contributed by atoms with E-state index in [0.717, 1.165) is 17.2 Å². The number of carbonyl (C=O) groups is 1. The summed E-state index contributed by atoms with van der Waals surface area (Å²) in [5, 5.41) is 3.03. The van der Waals surface area contributed by atoms with Crippen molar-refractivity contribution < 1.29 is 4.79 Å². The number of rotatable bonds is 8. The molecular formula is C22H21NOS2. The Labute approximate surface area is 163 Å². The van der Waals surface area contributed by atoms with E-state index in [9.17, 15) is 4.79 Å². The third-order valence-corrected chi connectivity index (χ3v) is 6.59. The molecule has 3 aromatic rings. The minimum Gasteiger partial charge on any atom is -0.324 e. The zero-order valence-corrected chi connectivity index (χ0v) is 16.0. The Kier molecular flexibility index (Phi) is 7.23. The quantitative estimate of drug-likeness (QED) is 0.500. The van der Waals surface area contributed by atoms with E-state index in [1.807, 2.05) is 66.7 Å². The Morgan fingerprint density at radius 3 is 1.58 bits per heavy atom. The summed E-state index contributed by atoms with van der Waals surface area (Å²) in [6.45, 7) is 0. The molecule has 0 unspecified atom stereocenters. The van der Waals surface area contributed by atoms with Crippen molar-refractivity contribution in [2.75, 3.05) is 5.32 Å². The lowest BCUT2D eigenvalue weighted by Gasteiger charge is -2.16. The molecule has 0 spiro atoms. The molecule has 0 aromatic heterocycles. The zero-order chi connectivity index (χ0) is 18.0. The number of para-hydroxylation sites is 1. The summed E-state index contributed by atoms with van der Waals surface area (Å²) >= 11 is 3.34. The van der Waals surface area contributed by atoms with E-state index in [1.165, 1.54) is 11.1 Å². The van der Waals surface area contributed by atoms with Gasteiger partial charge in [-0.25, -0.2) is 0 Å². The average Bonchev–Trinajstić information content (AvgIpc) is 2.70. The summed E-state index contributed by atoms with van der Waals surface area (Å²) in [7, 11) is 0. The van der Waals surface area contributed by atoms with Gasteiger partial charge in [-0.05, 0) is 23.3 Å². The van der Waals surface area contributed by atoms with Gasteiger partial charge in [0.15, 0.2) is 0 Å². The number of carbonyl (C=O) groups excluding carboxylic acids is 1. The van der Waals surface area contributed by atoms with E-state index >= 15 is 0 Å². The van der Waals surface area contributed by atoms with Crippen LogP contribution in [0.3, 0.4) is 0 Å². The zero-order valence-electron chi connectivity index (χ0n) is 14.4. The molecule has 3 rings (SSSR count). The van der Waals surface area contributed by atoms with Crippen molar-refractivity contribution >= 4 is 35.1 Å². The highest BCUT2D eigenvalue weighted by molar-refractivity contribution is 8.17. The molecule has 26 heavy (non-hydrogen) atoms. The molecule has 0 aliphatic rings. The summed E-state index contributed by atoms with van der Waals surface area (Å²) in [6.07, 6.45) is 0. The van der Waals surface area contributed by atoms with Gasteiger partial charge in [0.2, 0.25) is 5.91 Å².